The van der Waals surface area contributed by atoms with Crippen molar-refractivity contribution in [3.05, 3.63) is 89.7 Å². The van der Waals surface area contributed by atoms with Crippen molar-refractivity contribution < 1.29 is 14.3 Å². The number of ether oxygens (including phenoxy) is 1. The van der Waals surface area contributed by atoms with E-state index >= 15 is 0 Å². The first kappa shape index (κ1) is 28.0. The van der Waals surface area contributed by atoms with Gasteiger partial charge < -0.3 is 19.1 Å². The van der Waals surface area contributed by atoms with Crippen LogP contribution in [0.4, 0.5) is 0 Å². The van der Waals surface area contributed by atoms with Crippen LogP contribution in [0.1, 0.15) is 56.9 Å². The fourth-order valence-electron chi connectivity index (χ4n) is 4.29. The van der Waals surface area contributed by atoms with Crippen LogP contribution in [0.3, 0.4) is 0 Å². The number of rotatable bonds is 14. The van der Waals surface area contributed by atoms with E-state index in [1.54, 1.807) is 12.0 Å². The number of aromatic nitrogens is 1. The second-order valence-electron chi connectivity index (χ2n) is 9.96. The summed E-state index contributed by atoms with van der Waals surface area (Å²) in [5.74, 6) is 1.31. The van der Waals surface area contributed by atoms with Gasteiger partial charge in [0.15, 0.2) is 0 Å². The minimum atomic E-state index is -0.0359. The standard InChI is InChI=1S/C31H41N3O3/c1-5-11-30(35)33(19-17-25(2)3)24-31(36)34(21-26-12-7-6-8-13-26)23-28-15-10-18-32(28)22-27-14-9-16-29(20-27)37-4/h6-10,12-16,18,20,25H,5,11,17,19,21-24H2,1-4H3. The summed E-state index contributed by atoms with van der Waals surface area (Å²) in [5, 5.41) is 0. The maximum absolute atomic E-state index is 13.7. The monoisotopic (exact) mass is 503 g/mol. The zero-order valence-corrected chi connectivity index (χ0v) is 22.7. The molecule has 1 heterocycles. The third kappa shape index (κ3) is 8.81. The molecule has 2 amide bonds. The maximum atomic E-state index is 13.7. The molecule has 0 radical (unpaired) electrons. The Morgan fingerprint density at radius 3 is 2.35 bits per heavy atom. The van der Waals surface area contributed by atoms with Gasteiger partial charge in [-0.05, 0) is 54.2 Å². The molecule has 0 atom stereocenters. The Kier molecular flexibility index (Phi) is 10.8. The molecule has 0 N–H and O–H groups in total. The van der Waals surface area contributed by atoms with Crippen molar-refractivity contribution in [1.82, 2.24) is 14.4 Å². The molecule has 0 unspecified atom stereocenters. The molecule has 0 aliphatic heterocycles. The molecule has 37 heavy (non-hydrogen) atoms. The van der Waals surface area contributed by atoms with Crippen LogP contribution in [-0.2, 0) is 29.2 Å². The highest BCUT2D eigenvalue weighted by Crippen LogP contribution is 2.17. The summed E-state index contributed by atoms with van der Waals surface area (Å²) in [5.41, 5.74) is 3.24. The van der Waals surface area contributed by atoms with E-state index in [2.05, 4.69) is 30.5 Å². The highest BCUT2D eigenvalue weighted by molar-refractivity contribution is 5.84. The van der Waals surface area contributed by atoms with Crippen LogP contribution in [0.2, 0.25) is 0 Å². The van der Waals surface area contributed by atoms with Crippen molar-refractivity contribution in [1.29, 1.82) is 0 Å². The van der Waals surface area contributed by atoms with Gasteiger partial charge in [0.05, 0.1) is 20.2 Å². The molecule has 0 aliphatic carbocycles. The lowest BCUT2D eigenvalue weighted by atomic mass is 10.1. The molecule has 6 nitrogen and oxygen atoms in total. The molecular weight excluding hydrogens is 462 g/mol. The Balaban J connectivity index is 1.81. The number of hydrogen-bond acceptors (Lipinski definition) is 3. The van der Waals surface area contributed by atoms with E-state index < -0.39 is 0 Å². The van der Waals surface area contributed by atoms with Crippen molar-refractivity contribution in [3.63, 3.8) is 0 Å². The summed E-state index contributed by atoms with van der Waals surface area (Å²) in [7, 11) is 1.67. The molecule has 3 aromatic rings. The number of hydrogen-bond donors (Lipinski definition) is 0. The third-order valence-corrected chi connectivity index (χ3v) is 6.45. The average molecular weight is 504 g/mol. The van der Waals surface area contributed by atoms with E-state index in [1.807, 2.05) is 72.6 Å². The van der Waals surface area contributed by atoms with E-state index in [0.717, 1.165) is 35.4 Å². The van der Waals surface area contributed by atoms with Crippen LogP contribution in [0, 0.1) is 5.92 Å². The molecule has 2 aromatic carbocycles. The van der Waals surface area contributed by atoms with Crippen LogP contribution in [-0.4, -0.2) is 46.4 Å². The van der Waals surface area contributed by atoms with Gasteiger partial charge in [0, 0.05) is 37.9 Å². The number of carbonyl (C=O) groups excluding carboxylic acids is 2. The van der Waals surface area contributed by atoms with Gasteiger partial charge in [-0.15, -0.1) is 0 Å². The van der Waals surface area contributed by atoms with E-state index in [4.69, 9.17) is 4.74 Å². The minimum absolute atomic E-state index is 0.0359. The predicted octanol–water partition coefficient (Wildman–Crippen LogP) is 5.75. The normalized spacial score (nSPS) is 10.9. The first-order chi connectivity index (χ1) is 17.9. The molecule has 6 heteroatoms. The molecule has 1 aromatic heterocycles. The maximum Gasteiger partial charge on any atom is 0.242 e. The van der Waals surface area contributed by atoms with Gasteiger partial charge in [-0.3, -0.25) is 9.59 Å². The molecule has 0 aliphatic rings. The Hall–Kier alpha value is -3.54. The second-order valence-corrected chi connectivity index (χ2v) is 9.96. The minimum Gasteiger partial charge on any atom is -0.497 e. The van der Waals surface area contributed by atoms with Crippen molar-refractivity contribution >= 4 is 11.8 Å². The van der Waals surface area contributed by atoms with Gasteiger partial charge in [-0.1, -0.05) is 63.2 Å². The fraction of sp³-hybridized carbons (Fsp3) is 0.419. The van der Waals surface area contributed by atoms with Gasteiger partial charge >= 0.3 is 0 Å². The number of methoxy groups -OCH3 is 1. The summed E-state index contributed by atoms with van der Waals surface area (Å²) in [6.07, 6.45) is 4.16. The molecule has 3 rings (SSSR count). The van der Waals surface area contributed by atoms with Crippen molar-refractivity contribution in [2.75, 3.05) is 20.2 Å². The zero-order valence-electron chi connectivity index (χ0n) is 22.7. The van der Waals surface area contributed by atoms with Gasteiger partial charge in [0.1, 0.15) is 5.75 Å². The molecule has 0 saturated heterocycles. The predicted molar refractivity (Wildman–Crippen MR) is 148 cm³/mol. The molecular formula is C31H41N3O3. The number of carbonyl (C=O) groups is 2. The summed E-state index contributed by atoms with van der Waals surface area (Å²) in [6.45, 7) is 8.63. The number of nitrogens with zero attached hydrogens (tertiary/aromatic N) is 3. The quantitative estimate of drug-likeness (QED) is 0.282. The van der Waals surface area contributed by atoms with Crippen LogP contribution >= 0.6 is 0 Å². The largest absolute Gasteiger partial charge is 0.497 e. The van der Waals surface area contributed by atoms with E-state index in [9.17, 15) is 9.59 Å². The lowest BCUT2D eigenvalue weighted by molar-refractivity contribution is -0.141. The topological polar surface area (TPSA) is 54.8 Å². The first-order valence-corrected chi connectivity index (χ1v) is 13.3. The van der Waals surface area contributed by atoms with Crippen LogP contribution < -0.4 is 4.74 Å². The lowest BCUT2D eigenvalue weighted by Gasteiger charge is -2.29. The van der Waals surface area contributed by atoms with Crippen LogP contribution in [0.25, 0.3) is 0 Å². The van der Waals surface area contributed by atoms with E-state index in [0.29, 0.717) is 38.5 Å². The highest BCUT2D eigenvalue weighted by atomic mass is 16.5. The molecule has 198 valence electrons. The lowest BCUT2D eigenvalue weighted by Crippen LogP contribution is -2.43. The molecule has 0 spiro atoms. The Bertz CT molecular complexity index is 1120. The van der Waals surface area contributed by atoms with Gasteiger partial charge in [-0.2, -0.15) is 0 Å². The van der Waals surface area contributed by atoms with Crippen LogP contribution in [0.5, 0.6) is 5.75 Å². The smallest absolute Gasteiger partial charge is 0.242 e. The summed E-state index contributed by atoms with van der Waals surface area (Å²) in [4.78, 5) is 30.2. The summed E-state index contributed by atoms with van der Waals surface area (Å²) < 4.78 is 7.55. The average Bonchev–Trinajstić information content (AvgIpc) is 3.33. The Morgan fingerprint density at radius 2 is 1.65 bits per heavy atom. The van der Waals surface area contributed by atoms with Gasteiger partial charge in [0.2, 0.25) is 11.8 Å². The number of amides is 2. The van der Waals surface area contributed by atoms with E-state index in [-0.39, 0.29) is 18.4 Å². The fourth-order valence-corrected chi connectivity index (χ4v) is 4.29. The van der Waals surface area contributed by atoms with Crippen molar-refractivity contribution in [2.45, 2.75) is 59.7 Å². The molecule has 0 saturated carbocycles. The molecule has 0 bridgehead atoms. The second kappa shape index (κ2) is 14.3. The van der Waals surface area contributed by atoms with Crippen molar-refractivity contribution in [3.8, 4) is 5.75 Å². The van der Waals surface area contributed by atoms with Gasteiger partial charge in [0.25, 0.3) is 0 Å². The highest BCUT2D eigenvalue weighted by Gasteiger charge is 2.22. The summed E-state index contributed by atoms with van der Waals surface area (Å²) in [6, 6.07) is 22.1. The van der Waals surface area contributed by atoms with E-state index in [1.165, 1.54) is 0 Å². The Labute approximate surface area is 221 Å². The van der Waals surface area contributed by atoms with Crippen molar-refractivity contribution in [2.24, 2.45) is 5.92 Å². The Morgan fingerprint density at radius 1 is 0.892 bits per heavy atom. The number of benzene rings is 2. The SMILES string of the molecule is CCCC(=O)N(CCC(C)C)CC(=O)N(Cc1ccccc1)Cc1cccn1Cc1cccc(OC)c1. The summed E-state index contributed by atoms with van der Waals surface area (Å²) >= 11 is 0. The van der Waals surface area contributed by atoms with Crippen LogP contribution in [0.15, 0.2) is 72.9 Å². The van der Waals surface area contributed by atoms with Gasteiger partial charge in [-0.25, -0.2) is 0 Å². The third-order valence-electron chi connectivity index (χ3n) is 6.45. The zero-order chi connectivity index (χ0) is 26.6. The first-order valence-electron chi connectivity index (χ1n) is 13.3. The molecule has 0 fully saturated rings.